The number of nitriles is 1. The van der Waals surface area contributed by atoms with E-state index in [9.17, 15) is 0 Å². The standard InChI is InChI=1S/C12H10ClN3S/c13-9-3-1-8(2-4-9)12-10(7-15)16-11(17-12)5-6-14/h1-4H,5-6,14H2. The molecule has 0 unspecified atom stereocenters. The molecular formula is C12H10ClN3S. The SMILES string of the molecule is N#Cc1nc(CCN)sc1-c1ccc(Cl)cc1. The highest BCUT2D eigenvalue weighted by Gasteiger charge is 2.12. The molecule has 0 radical (unpaired) electrons. The molecule has 0 atom stereocenters. The molecule has 1 aromatic carbocycles. The Morgan fingerprint density at radius 1 is 1.35 bits per heavy atom. The van der Waals surface area contributed by atoms with E-state index in [1.165, 1.54) is 11.3 Å². The van der Waals surface area contributed by atoms with Gasteiger partial charge in [-0.25, -0.2) is 4.98 Å². The highest BCUT2D eigenvalue weighted by molar-refractivity contribution is 7.15. The lowest BCUT2D eigenvalue weighted by atomic mass is 10.2. The van der Waals surface area contributed by atoms with E-state index in [0.29, 0.717) is 23.7 Å². The molecule has 0 saturated carbocycles. The van der Waals surface area contributed by atoms with Crippen LogP contribution >= 0.6 is 22.9 Å². The number of nitrogens with two attached hydrogens (primary N) is 1. The van der Waals surface area contributed by atoms with E-state index in [2.05, 4.69) is 11.1 Å². The van der Waals surface area contributed by atoms with Crippen LogP contribution in [0.15, 0.2) is 24.3 Å². The molecule has 2 aromatic rings. The molecule has 0 spiro atoms. The summed E-state index contributed by atoms with van der Waals surface area (Å²) in [6.45, 7) is 0.540. The first kappa shape index (κ1) is 12.1. The van der Waals surface area contributed by atoms with Crippen LogP contribution in [-0.2, 0) is 6.42 Å². The molecule has 0 saturated heterocycles. The van der Waals surface area contributed by atoms with E-state index in [0.717, 1.165) is 15.4 Å². The average Bonchev–Trinajstić information content (AvgIpc) is 2.74. The van der Waals surface area contributed by atoms with Crippen molar-refractivity contribution in [3.8, 4) is 16.5 Å². The molecular weight excluding hydrogens is 254 g/mol. The van der Waals surface area contributed by atoms with E-state index in [4.69, 9.17) is 22.6 Å². The minimum absolute atomic E-state index is 0.459. The Labute approximate surface area is 108 Å². The maximum Gasteiger partial charge on any atom is 0.159 e. The first-order chi connectivity index (χ1) is 8.24. The van der Waals surface area contributed by atoms with Crippen LogP contribution in [0.25, 0.3) is 10.4 Å². The molecule has 3 nitrogen and oxygen atoms in total. The number of halogens is 1. The van der Waals surface area contributed by atoms with Crippen molar-refractivity contribution in [2.24, 2.45) is 5.73 Å². The lowest BCUT2D eigenvalue weighted by molar-refractivity contribution is 0.950. The smallest absolute Gasteiger partial charge is 0.159 e. The summed E-state index contributed by atoms with van der Waals surface area (Å²) < 4.78 is 0. The van der Waals surface area contributed by atoms with Gasteiger partial charge in [0.05, 0.1) is 9.88 Å². The fourth-order valence-corrected chi connectivity index (χ4v) is 2.63. The van der Waals surface area contributed by atoms with E-state index in [1.54, 1.807) is 12.1 Å². The second-order valence-corrected chi connectivity index (χ2v) is 4.96. The summed E-state index contributed by atoms with van der Waals surface area (Å²) in [6, 6.07) is 9.51. The molecule has 5 heteroatoms. The Balaban J connectivity index is 2.44. The zero-order valence-electron chi connectivity index (χ0n) is 8.98. The van der Waals surface area contributed by atoms with Gasteiger partial charge >= 0.3 is 0 Å². The third-order valence-electron chi connectivity index (χ3n) is 2.24. The maximum atomic E-state index is 9.05. The van der Waals surface area contributed by atoms with Crippen molar-refractivity contribution in [3.63, 3.8) is 0 Å². The van der Waals surface area contributed by atoms with E-state index in [-0.39, 0.29) is 0 Å². The van der Waals surface area contributed by atoms with Gasteiger partial charge < -0.3 is 5.73 Å². The number of aromatic nitrogens is 1. The van der Waals surface area contributed by atoms with Crippen LogP contribution in [0.3, 0.4) is 0 Å². The third-order valence-corrected chi connectivity index (χ3v) is 3.66. The summed E-state index contributed by atoms with van der Waals surface area (Å²) in [5.74, 6) is 0. The summed E-state index contributed by atoms with van der Waals surface area (Å²) in [6.07, 6.45) is 0.701. The van der Waals surface area contributed by atoms with Crippen molar-refractivity contribution in [2.75, 3.05) is 6.54 Å². The van der Waals surface area contributed by atoms with Gasteiger partial charge in [-0.1, -0.05) is 23.7 Å². The Bertz CT molecular complexity index is 554. The summed E-state index contributed by atoms with van der Waals surface area (Å²) in [5.41, 5.74) is 6.91. The van der Waals surface area contributed by atoms with Crippen molar-refractivity contribution < 1.29 is 0 Å². The number of hydrogen-bond donors (Lipinski definition) is 1. The third kappa shape index (κ3) is 2.64. The predicted molar refractivity (Wildman–Crippen MR) is 70.0 cm³/mol. The van der Waals surface area contributed by atoms with Crippen molar-refractivity contribution in [1.29, 1.82) is 5.26 Å². The Morgan fingerprint density at radius 3 is 2.65 bits per heavy atom. The van der Waals surface area contributed by atoms with E-state index < -0.39 is 0 Å². The minimum atomic E-state index is 0.459. The average molecular weight is 264 g/mol. The number of thiazole rings is 1. The maximum absolute atomic E-state index is 9.05. The minimum Gasteiger partial charge on any atom is -0.330 e. The fourth-order valence-electron chi connectivity index (χ4n) is 1.47. The molecule has 0 aliphatic rings. The van der Waals surface area contributed by atoms with Gasteiger partial charge in [-0.15, -0.1) is 11.3 Å². The van der Waals surface area contributed by atoms with Gasteiger partial charge in [0, 0.05) is 11.4 Å². The lowest BCUT2D eigenvalue weighted by Crippen LogP contribution is -2.01. The normalized spacial score (nSPS) is 10.2. The van der Waals surface area contributed by atoms with E-state index in [1.807, 2.05) is 12.1 Å². The summed E-state index contributed by atoms with van der Waals surface area (Å²) in [4.78, 5) is 5.14. The Hall–Kier alpha value is -1.41. The molecule has 1 aromatic heterocycles. The second kappa shape index (κ2) is 5.28. The zero-order valence-corrected chi connectivity index (χ0v) is 10.6. The molecule has 0 aliphatic heterocycles. The molecule has 0 bridgehead atoms. The first-order valence-corrected chi connectivity index (χ1v) is 6.30. The van der Waals surface area contributed by atoms with Gasteiger partial charge in [0.25, 0.3) is 0 Å². The Morgan fingerprint density at radius 2 is 2.06 bits per heavy atom. The van der Waals surface area contributed by atoms with Crippen molar-refractivity contribution in [1.82, 2.24) is 4.98 Å². The van der Waals surface area contributed by atoms with Gasteiger partial charge in [-0.05, 0) is 24.2 Å². The molecule has 1 heterocycles. The monoisotopic (exact) mass is 263 g/mol. The van der Waals surface area contributed by atoms with Crippen LogP contribution in [0, 0.1) is 11.3 Å². The van der Waals surface area contributed by atoms with Gasteiger partial charge in [-0.2, -0.15) is 5.26 Å². The van der Waals surface area contributed by atoms with Crippen LogP contribution in [0.4, 0.5) is 0 Å². The first-order valence-electron chi connectivity index (χ1n) is 5.10. The molecule has 2 rings (SSSR count). The lowest BCUT2D eigenvalue weighted by Gasteiger charge is -1.97. The summed E-state index contributed by atoms with van der Waals surface area (Å²) >= 11 is 7.34. The largest absolute Gasteiger partial charge is 0.330 e. The molecule has 0 fully saturated rings. The number of hydrogen-bond acceptors (Lipinski definition) is 4. The number of benzene rings is 1. The number of rotatable bonds is 3. The highest BCUT2D eigenvalue weighted by Crippen LogP contribution is 2.30. The van der Waals surface area contributed by atoms with Crippen LogP contribution < -0.4 is 5.73 Å². The van der Waals surface area contributed by atoms with Crippen LogP contribution in [0.2, 0.25) is 5.02 Å². The van der Waals surface area contributed by atoms with Crippen LogP contribution in [0.1, 0.15) is 10.7 Å². The summed E-state index contributed by atoms with van der Waals surface area (Å²) in [5, 5.41) is 10.6. The van der Waals surface area contributed by atoms with Gasteiger partial charge in [0.2, 0.25) is 0 Å². The van der Waals surface area contributed by atoms with Crippen molar-refractivity contribution >= 4 is 22.9 Å². The number of nitrogens with zero attached hydrogens (tertiary/aromatic N) is 2. The zero-order chi connectivity index (χ0) is 12.3. The van der Waals surface area contributed by atoms with Gasteiger partial charge in [0.1, 0.15) is 6.07 Å². The molecule has 17 heavy (non-hydrogen) atoms. The molecule has 86 valence electrons. The van der Waals surface area contributed by atoms with Gasteiger partial charge in [-0.3, -0.25) is 0 Å². The van der Waals surface area contributed by atoms with Gasteiger partial charge in [0.15, 0.2) is 5.69 Å². The molecule has 2 N–H and O–H groups in total. The topological polar surface area (TPSA) is 62.7 Å². The quantitative estimate of drug-likeness (QED) is 0.926. The molecule has 0 aliphatic carbocycles. The fraction of sp³-hybridized carbons (Fsp3) is 0.167. The van der Waals surface area contributed by atoms with Crippen molar-refractivity contribution in [2.45, 2.75) is 6.42 Å². The Kier molecular flexibility index (Phi) is 3.75. The second-order valence-electron chi connectivity index (χ2n) is 3.44. The highest BCUT2D eigenvalue weighted by atomic mass is 35.5. The van der Waals surface area contributed by atoms with Crippen molar-refractivity contribution in [3.05, 3.63) is 40.0 Å². The van der Waals surface area contributed by atoms with Crippen LogP contribution in [0.5, 0.6) is 0 Å². The van der Waals surface area contributed by atoms with Crippen LogP contribution in [-0.4, -0.2) is 11.5 Å². The molecule has 0 amide bonds. The van der Waals surface area contributed by atoms with E-state index >= 15 is 0 Å². The predicted octanol–water partition coefficient (Wildman–Crippen LogP) is 2.84. The summed E-state index contributed by atoms with van der Waals surface area (Å²) in [7, 11) is 0.